The molecule has 5 nitrogen and oxygen atoms in total. The number of halogens is 2. The first-order valence-electron chi connectivity index (χ1n) is 9.86. The molecule has 3 N–H and O–H groups in total. The van der Waals surface area contributed by atoms with Crippen molar-refractivity contribution in [3.8, 4) is 5.75 Å². The van der Waals surface area contributed by atoms with E-state index < -0.39 is 5.54 Å². The van der Waals surface area contributed by atoms with E-state index in [1.54, 1.807) is 30.3 Å². The van der Waals surface area contributed by atoms with Crippen LogP contribution in [0.5, 0.6) is 5.75 Å². The Labute approximate surface area is 184 Å². The van der Waals surface area contributed by atoms with Crippen molar-refractivity contribution in [2.24, 2.45) is 16.6 Å². The Morgan fingerprint density at radius 3 is 2.97 bits per heavy atom. The van der Waals surface area contributed by atoms with Crippen LogP contribution in [0.3, 0.4) is 0 Å². The van der Waals surface area contributed by atoms with Crippen molar-refractivity contribution >= 4 is 40.1 Å². The number of methoxy groups -OCH3 is 1. The van der Waals surface area contributed by atoms with Gasteiger partial charge in [0, 0.05) is 22.0 Å². The van der Waals surface area contributed by atoms with E-state index in [-0.39, 0.29) is 17.6 Å². The Bertz CT molecular complexity index is 1020. The number of fused-ring (bicyclic) bond motifs is 1. The minimum Gasteiger partial charge on any atom is -0.496 e. The largest absolute Gasteiger partial charge is 0.496 e. The number of amidine groups is 1. The molecule has 0 spiro atoms. The van der Waals surface area contributed by atoms with Crippen molar-refractivity contribution in [3.05, 3.63) is 58.4 Å². The van der Waals surface area contributed by atoms with E-state index in [4.69, 9.17) is 27.1 Å². The fourth-order valence-electron chi connectivity index (χ4n) is 4.41. The standard InChI is InChI=1S/C22H23ClFN3O2S/c1-29-19-10-14(23)5-7-16(19)20(28)26-15-6-8-18(24)17(11-15)22-9-3-2-4-13(22)12-30-21(25)27-22/h5-8,10-11,13H,2-4,9,12H2,1H3,(H2,25,27)(H,26,28)/t13-,22-/m0/s1. The van der Waals surface area contributed by atoms with E-state index >= 15 is 4.39 Å². The van der Waals surface area contributed by atoms with E-state index in [1.165, 1.54) is 24.9 Å². The number of rotatable bonds is 4. The lowest BCUT2D eigenvalue weighted by Crippen LogP contribution is -2.43. The van der Waals surface area contributed by atoms with E-state index in [9.17, 15) is 4.79 Å². The SMILES string of the molecule is COc1cc(Cl)ccc1C(=O)Nc1ccc(F)c([C@]23CCCC[C@H]2CSC(N)=N3)c1. The molecule has 8 heteroatoms. The summed E-state index contributed by atoms with van der Waals surface area (Å²) < 4.78 is 20.3. The number of thioether (sulfide) groups is 1. The van der Waals surface area contributed by atoms with Crippen molar-refractivity contribution < 1.29 is 13.9 Å². The van der Waals surface area contributed by atoms with Crippen LogP contribution in [-0.4, -0.2) is 23.9 Å². The minimum atomic E-state index is -0.670. The molecule has 1 saturated carbocycles. The van der Waals surface area contributed by atoms with Gasteiger partial charge in [0.15, 0.2) is 5.17 Å². The van der Waals surface area contributed by atoms with Gasteiger partial charge in [-0.25, -0.2) is 4.39 Å². The van der Waals surface area contributed by atoms with Crippen LogP contribution in [-0.2, 0) is 5.54 Å². The van der Waals surface area contributed by atoms with E-state index in [2.05, 4.69) is 5.32 Å². The first kappa shape index (κ1) is 21.0. The van der Waals surface area contributed by atoms with Crippen molar-refractivity contribution in [2.75, 3.05) is 18.2 Å². The van der Waals surface area contributed by atoms with Crippen LogP contribution in [0.15, 0.2) is 41.4 Å². The van der Waals surface area contributed by atoms with Gasteiger partial charge in [0.2, 0.25) is 0 Å². The van der Waals surface area contributed by atoms with Gasteiger partial charge in [0.1, 0.15) is 11.6 Å². The fourth-order valence-corrected chi connectivity index (χ4v) is 5.62. The molecule has 0 saturated heterocycles. The molecule has 2 atom stereocenters. The van der Waals surface area contributed by atoms with Gasteiger partial charge in [-0.15, -0.1) is 0 Å². The maximum Gasteiger partial charge on any atom is 0.259 e. The summed E-state index contributed by atoms with van der Waals surface area (Å²) in [7, 11) is 1.48. The third-order valence-electron chi connectivity index (χ3n) is 5.88. The van der Waals surface area contributed by atoms with Gasteiger partial charge in [-0.05, 0) is 55.2 Å². The third-order valence-corrected chi connectivity index (χ3v) is 7.07. The quantitative estimate of drug-likeness (QED) is 0.676. The highest BCUT2D eigenvalue weighted by atomic mass is 35.5. The number of aliphatic imine (C=N–C) groups is 1. The molecule has 2 aromatic carbocycles. The van der Waals surface area contributed by atoms with Crippen molar-refractivity contribution in [3.63, 3.8) is 0 Å². The number of carbonyl (C=O) groups excluding carboxylic acids is 1. The topological polar surface area (TPSA) is 76.7 Å². The number of nitrogens with one attached hydrogen (secondary N) is 1. The lowest BCUT2D eigenvalue weighted by molar-refractivity contribution is 0.102. The summed E-state index contributed by atoms with van der Waals surface area (Å²) in [6.45, 7) is 0. The lowest BCUT2D eigenvalue weighted by Gasteiger charge is -2.44. The smallest absolute Gasteiger partial charge is 0.259 e. The van der Waals surface area contributed by atoms with Crippen molar-refractivity contribution in [1.29, 1.82) is 0 Å². The van der Waals surface area contributed by atoms with Gasteiger partial charge < -0.3 is 15.8 Å². The number of carbonyl (C=O) groups is 1. The highest BCUT2D eigenvalue weighted by molar-refractivity contribution is 8.13. The molecule has 1 heterocycles. The van der Waals surface area contributed by atoms with Crippen LogP contribution in [0.4, 0.5) is 10.1 Å². The summed E-state index contributed by atoms with van der Waals surface area (Å²) in [4.78, 5) is 17.6. The molecule has 30 heavy (non-hydrogen) atoms. The first-order valence-corrected chi connectivity index (χ1v) is 11.2. The van der Waals surface area contributed by atoms with Gasteiger partial charge in [-0.2, -0.15) is 0 Å². The van der Waals surface area contributed by atoms with Gasteiger partial charge in [0.25, 0.3) is 5.91 Å². The van der Waals surface area contributed by atoms with E-state index in [0.29, 0.717) is 32.8 Å². The molecule has 0 radical (unpaired) electrons. The average molecular weight is 448 g/mol. The van der Waals surface area contributed by atoms with E-state index in [1.807, 2.05) is 0 Å². The highest BCUT2D eigenvalue weighted by Crippen LogP contribution is 2.50. The number of hydrogen-bond donors (Lipinski definition) is 2. The van der Waals surface area contributed by atoms with Gasteiger partial charge in [-0.3, -0.25) is 9.79 Å². The van der Waals surface area contributed by atoms with E-state index in [0.717, 1.165) is 31.4 Å². The first-order chi connectivity index (χ1) is 14.4. The maximum absolute atomic E-state index is 15.0. The lowest BCUT2D eigenvalue weighted by atomic mass is 9.69. The number of amides is 1. The molecule has 2 aliphatic rings. The minimum absolute atomic E-state index is 0.223. The molecule has 0 aromatic heterocycles. The number of nitrogens with two attached hydrogens (primary N) is 1. The second kappa shape index (κ2) is 8.47. The highest BCUT2D eigenvalue weighted by Gasteiger charge is 2.46. The number of ether oxygens (including phenoxy) is 1. The molecule has 0 bridgehead atoms. The number of anilines is 1. The Morgan fingerprint density at radius 2 is 2.17 bits per heavy atom. The Balaban J connectivity index is 1.69. The molecule has 1 fully saturated rings. The molecule has 158 valence electrons. The fraction of sp³-hybridized carbons (Fsp3) is 0.364. The number of nitrogens with zero attached hydrogens (tertiary/aromatic N) is 1. The van der Waals surface area contributed by atoms with Gasteiger partial charge >= 0.3 is 0 Å². The summed E-state index contributed by atoms with van der Waals surface area (Å²) in [6.07, 6.45) is 3.81. The summed E-state index contributed by atoms with van der Waals surface area (Å²) in [5, 5.41) is 3.82. The second-order valence-corrected chi connectivity index (χ2v) is 9.10. The molecule has 1 amide bonds. The molecule has 4 rings (SSSR count). The Morgan fingerprint density at radius 1 is 1.33 bits per heavy atom. The van der Waals surface area contributed by atoms with Crippen LogP contribution in [0.25, 0.3) is 0 Å². The average Bonchev–Trinajstić information content (AvgIpc) is 2.74. The van der Waals surface area contributed by atoms with Crippen molar-refractivity contribution in [2.45, 2.75) is 31.2 Å². The predicted molar refractivity (Wildman–Crippen MR) is 120 cm³/mol. The summed E-state index contributed by atoms with van der Waals surface area (Å²) in [6, 6.07) is 9.43. The second-order valence-electron chi connectivity index (χ2n) is 7.62. The summed E-state index contributed by atoms with van der Waals surface area (Å²) in [5.41, 5.74) is 6.72. The summed E-state index contributed by atoms with van der Waals surface area (Å²) in [5.74, 6) is 0.733. The predicted octanol–water partition coefficient (Wildman–Crippen LogP) is 5.19. The van der Waals surface area contributed by atoms with Crippen LogP contribution in [0.1, 0.15) is 41.6 Å². The zero-order valence-corrected chi connectivity index (χ0v) is 18.2. The Hall–Kier alpha value is -2.25. The molecule has 1 aliphatic heterocycles. The summed E-state index contributed by atoms with van der Waals surface area (Å²) >= 11 is 7.51. The van der Waals surface area contributed by atoms with Crippen LogP contribution in [0, 0.1) is 11.7 Å². The van der Waals surface area contributed by atoms with Crippen LogP contribution >= 0.6 is 23.4 Å². The molecular weight excluding hydrogens is 425 g/mol. The van der Waals surface area contributed by atoms with Crippen LogP contribution < -0.4 is 15.8 Å². The number of benzene rings is 2. The monoisotopic (exact) mass is 447 g/mol. The maximum atomic E-state index is 15.0. The van der Waals surface area contributed by atoms with Crippen molar-refractivity contribution in [1.82, 2.24) is 0 Å². The van der Waals surface area contributed by atoms with Crippen LogP contribution in [0.2, 0.25) is 5.02 Å². The van der Waals surface area contributed by atoms with Gasteiger partial charge in [0.05, 0.1) is 18.2 Å². The molecule has 0 unspecified atom stereocenters. The zero-order chi connectivity index (χ0) is 21.3. The van der Waals surface area contributed by atoms with Gasteiger partial charge in [-0.1, -0.05) is 36.2 Å². The zero-order valence-electron chi connectivity index (χ0n) is 16.6. The molecule has 1 aliphatic carbocycles. The Kier molecular flexibility index (Phi) is 5.93. The molecule has 2 aromatic rings. The molecular formula is C22H23ClFN3O2S. The number of hydrogen-bond acceptors (Lipinski definition) is 5. The normalized spacial score (nSPS) is 23.3. The third kappa shape index (κ3) is 3.88.